The molecule has 1 aromatic heterocycles. The van der Waals surface area contributed by atoms with Crippen molar-refractivity contribution >= 4 is 43.7 Å². The lowest BCUT2D eigenvalue weighted by molar-refractivity contribution is 0.0123. The summed E-state index contributed by atoms with van der Waals surface area (Å²) in [7, 11) is 0. The Hall–Kier alpha value is -1.01. The first kappa shape index (κ1) is 13.0. The third kappa shape index (κ3) is 2.79. The Balaban J connectivity index is 1.73. The molecular formula is C13H13BrN2O2S. The summed E-state index contributed by atoms with van der Waals surface area (Å²) in [6.45, 7) is 4.07. The SMILES string of the molecule is CC1(C)CC(SCc2noc3cc(Br)ccc23)=NO1. The molecule has 6 heteroatoms. The normalized spacial score (nSPS) is 17.5. The molecular weight excluding hydrogens is 328 g/mol. The molecule has 1 aliphatic rings. The van der Waals surface area contributed by atoms with E-state index in [2.05, 4.69) is 26.2 Å². The number of nitrogens with zero attached hydrogens (tertiary/aromatic N) is 2. The molecule has 0 bridgehead atoms. The van der Waals surface area contributed by atoms with Gasteiger partial charge in [0.1, 0.15) is 16.3 Å². The molecule has 0 spiro atoms. The number of fused-ring (bicyclic) bond motifs is 1. The Morgan fingerprint density at radius 3 is 3.00 bits per heavy atom. The number of thioether (sulfide) groups is 1. The predicted molar refractivity (Wildman–Crippen MR) is 80.2 cm³/mol. The minimum atomic E-state index is -0.181. The molecule has 3 rings (SSSR count). The third-order valence-corrected chi connectivity index (χ3v) is 4.32. The van der Waals surface area contributed by atoms with Gasteiger partial charge in [-0.05, 0) is 32.0 Å². The summed E-state index contributed by atoms with van der Waals surface area (Å²) in [6, 6.07) is 5.94. The Morgan fingerprint density at radius 1 is 1.42 bits per heavy atom. The van der Waals surface area contributed by atoms with Crippen LogP contribution in [0.3, 0.4) is 0 Å². The largest absolute Gasteiger partial charge is 0.389 e. The van der Waals surface area contributed by atoms with E-state index in [-0.39, 0.29) is 5.60 Å². The van der Waals surface area contributed by atoms with Crippen LogP contribution in [-0.2, 0) is 10.6 Å². The van der Waals surface area contributed by atoms with Gasteiger partial charge >= 0.3 is 0 Å². The predicted octanol–water partition coefficient (Wildman–Crippen LogP) is 4.34. The number of hydrogen-bond acceptors (Lipinski definition) is 5. The van der Waals surface area contributed by atoms with Crippen molar-refractivity contribution in [3.8, 4) is 0 Å². The van der Waals surface area contributed by atoms with Crippen molar-refractivity contribution in [1.82, 2.24) is 5.16 Å². The van der Waals surface area contributed by atoms with Crippen LogP contribution >= 0.6 is 27.7 Å². The molecule has 0 saturated carbocycles. The topological polar surface area (TPSA) is 47.6 Å². The van der Waals surface area contributed by atoms with Gasteiger partial charge in [-0.1, -0.05) is 26.2 Å². The van der Waals surface area contributed by atoms with E-state index in [1.807, 2.05) is 32.0 Å². The van der Waals surface area contributed by atoms with Crippen molar-refractivity contribution in [2.24, 2.45) is 5.16 Å². The van der Waals surface area contributed by atoms with Crippen LogP contribution in [-0.4, -0.2) is 15.8 Å². The maximum atomic E-state index is 5.34. The average Bonchev–Trinajstić information content (AvgIpc) is 2.89. The molecule has 1 aliphatic heterocycles. The van der Waals surface area contributed by atoms with Crippen LogP contribution in [0.15, 0.2) is 32.4 Å². The quantitative estimate of drug-likeness (QED) is 0.815. The fourth-order valence-electron chi connectivity index (χ4n) is 1.90. The van der Waals surface area contributed by atoms with Crippen molar-refractivity contribution < 1.29 is 9.36 Å². The van der Waals surface area contributed by atoms with E-state index in [1.54, 1.807) is 11.8 Å². The summed E-state index contributed by atoms with van der Waals surface area (Å²) in [6.07, 6.45) is 0.846. The molecule has 0 fully saturated rings. The summed E-state index contributed by atoms with van der Waals surface area (Å²) < 4.78 is 6.31. The van der Waals surface area contributed by atoms with Gasteiger partial charge in [0.2, 0.25) is 0 Å². The van der Waals surface area contributed by atoms with Gasteiger partial charge in [0.05, 0.1) is 0 Å². The van der Waals surface area contributed by atoms with Gasteiger partial charge in [0.15, 0.2) is 5.58 Å². The van der Waals surface area contributed by atoms with E-state index in [0.717, 1.165) is 38.4 Å². The number of oxime groups is 1. The zero-order valence-electron chi connectivity index (χ0n) is 10.6. The van der Waals surface area contributed by atoms with E-state index >= 15 is 0 Å². The second-order valence-corrected chi connectivity index (χ2v) is 7.04. The van der Waals surface area contributed by atoms with Gasteiger partial charge in [-0.15, -0.1) is 11.8 Å². The molecule has 0 radical (unpaired) electrons. The molecule has 0 amide bonds. The van der Waals surface area contributed by atoms with E-state index in [4.69, 9.17) is 9.36 Å². The second kappa shape index (κ2) is 4.83. The van der Waals surface area contributed by atoms with Crippen LogP contribution in [0.2, 0.25) is 0 Å². The number of hydrogen-bond donors (Lipinski definition) is 0. The van der Waals surface area contributed by atoms with Crippen LogP contribution in [0, 0.1) is 0 Å². The highest BCUT2D eigenvalue weighted by molar-refractivity contribution is 9.10. The maximum absolute atomic E-state index is 5.34. The fraction of sp³-hybridized carbons (Fsp3) is 0.385. The molecule has 0 atom stereocenters. The van der Waals surface area contributed by atoms with Gasteiger partial charge in [0, 0.05) is 22.0 Å². The van der Waals surface area contributed by atoms with E-state index in [9.17, 15) is 0 Å². The monoisotopic (exact) mass is 340 g/mol. The van der Waals surface area contributed by atoms with E-state index in [1.165, 1.54) is 0 Å². The summed E-state index contributed by atoms with van der Waals surface area (Å²) in [5, 5.41) is 10.3. The van der Waals surface area contributed by atoms with Gasteiger partial charge in [-0.25, -0.2) is 0 Å². The van der Waals surface area contributed by atoms with Crippen LogP contribution < -0.4 is 0 Å². The number of benzene rings is 1. The van der Waals surface area contributed by atoms with Crippen molar-refractivity contribution in [2.45, 2.75) is 31.6 Å². The lowest BCUT2D eigenvalue weighted by atomic mass is 10.1. The van der Waals surface area contributed by atoms with Crippen LogP contribution in [0.4, 0.5) is 0 Å². The Morgan fingerprint density at radius 2 is 2.26 bits per heavy atom. The lowest BCUT2D eigenvalue weighted by Crippen LogP contribution is -2.18. The smallest absolute Gasteiger partial charge is 0.168 e. The first-order valence-corrected chi connectivity index (χ1v) is 7.73. The Labute approximate surface area is 123 Å². The zero-order valence-corrected chi connectivity index (χ0v) is 13.0. The van der Waals surface area contributed by atoms with E-state index < -0.39 is 0 Å². The van der Waals surface area contributed by atoms with Gasteiger partial charge in [-0.3, -0.25) is 0 Å². The van der Waals surface area contributed by atoms with Gasteiger partial charge in [-0.2, -0.15) is 0 Å². The first-order valence-electron chi connectivity index (χ1n) is 5.95. The Kier molecular flexibility index (Phi) is 3.30. The minimum absolute atomic E-state index is 0.181. The summed E-state index contributed by atoms with van der Waals surface area (Å²) in [4.78, 5) is 5.34. The first-order chi connectivity index (χ1) is 9.03. The molecule has 19 heavy (non-hydrogen) atoms. The molecule has 0 aliphatic carbocycles. The summed E-state index contributed by atoms with van der Waals surface area (Å²) in [5.41, 5.74) is 1.56. The van der Waals surface area contributed by atoms with Crippen molar-refractivity contribution in [3.63, 3.8) is 0 Å². The fourth-order valence-corrected chi connectivity index (χ4v) is 3.29. The number of aromatic nitrogens is 1. The molecule has 0 N–H and O–H groups in total. The van der Waals surface area contributed by atoms with Gasteiger partial charge in [0.25, 0.3) is 0 Å². The second-order valence-electron chi connectivity index (χ2n) is 5.07. The molecule has 100 valence electrons. The number of rotatable bonds is 2. The standard InChI is InChI=1S/C13H13BrN2O2S/c1-13(2)6-12(16-18-13)19-7-10-9-4-3-8(14)5-11(9)17-15-10/h3-5H,6-7H2,1-2H3. The molecule has 0 saturated heterocycles. The molecule has 2 heterocycles. The van der Waals surface area contributed by atoms with E-state index in [0.29, 0.717) is 0 Å². The molecule has 4 nitrogen and oxygen atoms in total. The van der Waals surface area contributed by atoms with Crippen molar-refractivity contribution in [1.29, 1.82) is 0 Å². The highest BCUT2D eigenvalue weighted by atomic mass is 79.9. The molecule has 1 aromatic carbocycles. The average molecular weight is 341 g/mol. The molecule has 2 aromatic rings. The molecule has 0 unspecified atom stereocenters. The van der Waals surface area contributed by atoms with Crippen LogP contribution in [0.1, 0.15) is 26.0 Å². The van der Waals surface area contributed by atoms with Crippen LogP contribution in [0.5, 0.6) is 0 Å². The van der Waals surface area contributed by atoms with Crippen LogP contribution in [0.25, 0.3) is 11.0 Å². The van der Waals surface area contributed by atoms with Crippen molar-refractivity contribution in [3.05, 3.63) is 28.4 Å². The summed E-state index contributed by atoms with van der Waals surface area (Å²) >= 11 is 5.07. The number of halogens is 1. The Bertz CT molecular complexity index is 651. The van der Waals surface area contributed by atoms with Gasteiger partial charge < -0.3 is 9.36 Å². The lowest BCUT2D eigenvalue weighted by Gasteiger charge is -2.12. The highest BCUT2D eigenvalue weighted by Crippen LogP contribution is 2.31. The maximum Gasteiger partial charge on any atom is 0.168 e. The highest BCUT2D eigenvalue weighted by Gasteiger charge is 2.29. The minimum Gasteiger partial charge on any atom is -0.389 e. The zero-order chi connectivity index (χ0) is 13.5. The summed E-state index contributed by atoms with van der Waals surface area (Å²) in [5.74, 6) is 0.743. The third-order valence-electron chi connectivity index (χ3n) is 2.86. The van der Waals surface area contributed by atoms with Crippen molar-refractivity contribution in [2.75, 3.05) is 0 Å².